The van der Waals surface area contributed by atoms with Crippen LogP contribution in [0.1, 0.15) is 11.1 Å². The lowest BCUT2D eigenvalue weighted by Gasteiger charge is -2.14. The highest BCUT2D eigenvalue weighted by atomic mass is 35.5. The van der Waals surface area contributed by atoms with Crippen LogP contribution < -0.4 is 14.4 Å². The SMILES string of the molecule is COc1ccc(C=C2SC(=S)N(c3cccc(F)c3)C2=O)cc1OCc1ccc(Cl)cc1Cl. The van der Waals surface area contributed by atoms with E-state index in [2.05, 4.69) is 0 Å². The highest BCUT2D eigenvalue weighted by Crippen LogP contribution is 2.37. The molecule has 3 aromatic carbocycles. The number of anilines is 1. The molecule has 0 unspecified atom stereocenters. The first-order valence-electron chi connectivity index (χ1n) is 9.64. The predicted octanol–water partition coefficient (Wildman–Crippen LogP) is 7.13. The Balaban J connectivity index is 1.58. The van der Waals surface area contributed by atoms with E-state index in [1.807, 2.05) is 0 Å². The maximum Gasteiger partial charge on any atom is 0.270 e. The number of hydrogen-bond donors (Lipinski definition) is 0. The normalized spacial score (nSPS) is 14.8. The van der Waals surface area contributed by atoms with Gasteiger partial charge in [-0.05, 0) is 54.1 Å². The number of carbonyl (C=O) groups excluding carboxylic acids is 1. The number of amides is 1. The van der Waals surface area contributed by atoms with Gasteiger partial charge in [0.2, 0.25) is 0 Å². The van der Waals surface area contributed by atoms with Gasteiger partial charge in [-0.3, -0.25) is 9.69 Å². The minimum absolute atomic E-state index is 0.206. The molecular weight excluding hydrogens is 504 g/mol. The molecule has 3 aromatic rings. The topological polar surface area (TPSA) is 38.8 Å². The van der Waals surface area contributed by atoms with E-state index in [0.717, 1.165) is 17.3 Å². The quantitative estimate of drug-likeness (QED) is 0.256. The molecule has 1 fully saturated rings. The monoisotopic (exact) mass is 519 g/mol. The van der Waals surface area contributed by atoms with Crippen molar-refractivity contribution >= 4 is 69.2 Å². The molecule has 9 heteroatoms. The Morgan fingerprint density at radius 2 is 1.91 bits per heavy atom. The fraction of sp³-hybridized carbons (Fsp3) is 0.0833. The molecule has 0 radical (unpaired) electrons. The minimum atomic E-state index is -0.441. The summed E-state index contributed by atoms with van der Waals surface area (Å²) < 4.78 is 25.3. The fourth-order valence-corrected chi connectivity index (χ4v) is 4.91. The van der Waals surface area contributed by atoms with Gasteiger partial charge in [0.25, 0.3) is 5.91 Å². The molecule has 0 aliphatic carbocycles. The first kappa shape index (κ1) is 23.6. The number of thioether (sulfide) groups is 1. The highest BCUT2D eigenvalue weighted by Gasteiger charge is 2.33. The van der Waals surface area contributed by atoms with Crippen molar-refractivity contribution in [2.75, 3.05) is 12.0 Å². The molecule has 1 aliphatic heterocycles. The Kier molecular flexibility index (Phi) is 7.24. The zero-order chi connectivity index (χ0) is 23.5. The van der Waals surface area contributed by atoms with E-state index in [0.29, 0.717) is 42.0 Å². The summed E-state index contributed by atoms with van der Waals surface area (Å²) in [5, 5.41) is 1.04. The molecule has 0 atom stereocenters. The van der Waals surface area contributed by atoms with E-state index in [4.69, 9.17) is 44.9 Å². The lowest BCUT2D eigenvalue weighted by atomic mass is 10.1. The van der Waals surface area contributed by atoms with Crippen LogP contribution in [0.15, 0.2) is 65.6 Å². The summed E-state index contributed by atoms with van der Waals surface area (Å²) in [5.74, 6) is 0.257. The third-order valence-electron chi connectivity index (χ3n) is 4.74. The summed E-state index contributed by atoms with van der Waals surface area (Å²) >= 11 is 18.7. The lowest BCUT2D eigenvalue weighted by Crippen LogP contribution is -2.27. The van der Waals surface area contributed by atoms with Crippen LogP contribution in [-0.2, 0) is 11.4 Å². The van der Waals surface area contributed by atoms with Gasteiger partial charge in [-0.15, -0.1) is 0 Å². The van der Waals surface area contributed by atoms with Crippen molar-refractivity contribution in [2.45, 2.75) is 6.61 Å². The smallest absolute Gasteiger partial charge is 0.270 e. The number of rotatable bonds is 6. The van der Waals surface area contributed by atoms with Crippen molar-refractivity contribution in [1.29, 1.82) is 0 Å². The van der Waals surface area contributed by atoms with Crippen LogP contribution in [0.2, 0.25) is 10.0 Å². The Hall–Kier alpha value is -2.58. The average molecular weight is 520 g/mol. The predicted molar refractivity (Wildman–Crippen MR) is 136 cm³/mol. The summed E-state index contributed by atoms with van der Waals surface area (Å²) in [6, 6.07) is 16.2. The molecule has 0 aromatic heterocycles. The molecule has 4 nitrogen and oxygen atoms in total. The van der Waals surface area contributed by atoms with Crippen molar-refractivity contribution < 1.29 is 18.7 Å². The van der Waals surface area contributed by atoms with Gasteiger partial charge in [0.05, 0.1) is 17.7 Å². The van der Waals surface area contributed by atoms with Crippen LogP contribution in [-0.4, -0.2) is 17.3 Å². The van der Waals surface area contributed by atoms with Crippen molar-refractivity contribution in [3.8, 4) is 11.5 Å². The van der Waals surface area contributed by atoms with Crippen molar-refractivity contribution in [3.05, 3.63) is 92.6 Å². The van der Waals surface area contributed by atoms with Crippen molar-refractivity contribution in [1.82, 2.24) is 0 Å². The minimum Gasteiger partial charge on any atom is -0.493 e. The Labute approximate surface area is 209 Å². The van der Waals surface area contributed by atoms with Crippen LogP contribution >= 0.6 is 47.2 Å². The standard InChI is InChI=1S/C24H16Cl2FNO3S2/c1-30-20-8-5-14(9-21(20)31-13-15-6-7-16(25)11-19(15)26)10-22-23(29)28(24(32)33-22)18-4-2-3-17(27)12-18/h2-12H,13H2,1H3. The molecule has 0 spiro atoms. The number of halogens is 3. The van der Waals surface area contributed by atoms with Gasteiger partial charge in [0, 0.05) is 15.6 Å². The van der Waals surface area contributed by atoms with Gasteiger partial charge >= 0.3 is 0 Å². The number of carbonyl (C=O) groups is 1. The third-order valence-corrected chi connectivity index (χ3v) is 6.63. The van der Waals surface area contributed by atoms with E-state index in [9.17, 15) is 9.18 Å². The summed E-state index contributed by atoms with van der Waals surface area (Å²) in [4.78, 5) is 14.7. The Morgan fingerprint density at radius 1 is 1.09 bits per heavy atom. The van der Waals surface area contributed by atoms with E-state index >= 15 is 0 Å². The van der Waals surface area contributed by atoms with E-state index in [1.54, 1.807) is 55.7 Å². The average Bonchev–Trinajstić information content (AvgIpc) is 3.06. The Bertz CT molecular complexity index is 1280. The van der Waals surface area contributed by atoms with Gasteiger partial charge in [0.1, 0.15) is 12.4 Å². The molecule has 0 saturated carbocycles. The molecule has 33 heavy (non-hydrogen) atoms. The molecule has 1 saturated heterocycles. The summed E-state index contributed by atoms with van der Waals surface area (Å²) in [6.07, 6.45) is 1.71. The van der Waals surface area contributed by atoms with E-state index in [-0.39, 0.29) is 12.5 Å². The number of methoxy groups -OCH3 is 1. The molecule has 1 amide bonds. The summed E-state index contributed by atoms with van der Waals surface area (Å²) in [5.41, 5.74) is 1.87. The number of hydrogen-bond acceptors (Lipinski definition) is 5. The number of ether oxygens (including phenoxy) is 2. The second-order valence-corrected chi connectivity index (χ2v) is 9.45. The van der Waals surface area contributed by atoms with Gasteiger partial charge in [-0.1, -0.05) is 65.4 Å². The van der Waals surface area contributed by atoms with Crippen LogP contribution in [0, 0.1) is 5.82 Å². The molecule has 168 valence electrons. The first-order chi connectivity index (χ1) is 15.9. The maximum absolute atomic E-state index is 13.6. The number of thiocarbonyl (C=S) groups is 1. The van der Waals surface area contributed by atoms with Crippen molar-refractivity contribution in [3.63, 3.8) is 0 Å². The van der Waals surface area contributed by atoms with Crippen LogP contribution in [0.4, 0.5) is 10.1 Å². The highest BCUT2D eigenvalue weighted by molar-refractivity contribution is 8.27. The molecule has 1 aliphatic rings. The molecule has 0 N–H and O–H groups in total. The molecule has 0 bridgehead atoms. The van der Waals surface area contributed by atoms with E-state index in [1.165, 1.54) is 23.1 Å². The number of benzene rings is 3. The lowest BCUT2D eigenvalue weighted by molar-refractivity contribution is -0.113. The largest absolute Gasteiger partial charge is 0.493 e. The molecule has 4 rings (SSSR count). The van der Waals surface area contributed by atoms with Crippen LogP contribution in [0.3, 0.4) is 0 Å². The second-order valence-electron chi connectivity index (χ2n) is 6.93. The second kappa shape index (κ2) is 10.1. The first-order valence-corrected chi connectivity index (χ1v) is 11.6. The van der Waals surface area contributed by atoms with Crippen LogP contribution in [0.5, 0.6) is 11.5 Å². The van der Waals surface area contributed by atoms with Crippen LogP contribution in [0.25, 0.3) is 6.08 Å². The molecular formula is C24H16Cl2FNO3S2. The number of nitrogens with zero attached hydrogens (tertiary/aromatic N) is 1. The van der Waals surface area contributed by atoms with E-state index < -0.39 is 5.82 Å². The fourth-order valence-electron chi connectivity index (χ4n) is 3.15. The van der Waals surface area contributed by atoms with Gasteiger partial charge in [-0.2, -0.15) is 0 Å². The van der Waals surface area contributed by atoms with Gasteiger partial charge in [0.15, 0.2) is 15.8 Å². The summed E-state index contributed by atoms with van der Waals surface area (Å²) in [6.45, 7) is 0.206. The zero-order valence-electron chi connectivity index (χ0n) is 17.2. The molecule has 1 heterocycles. The summed E-state index contributed by atoms with van der Waals surface area (Å²) in [7, 11) is 1.54. The van der Waals surface area contributed by atoms with Gasteiger partial charge < -0.3 is 9.47 Å². The Morgan fingerprint density at radius 3 is 2.64 bits per heavy atom. The maximum atomic E-state index is 13.6. The zero-order valence-corrected chi connectivity index (χ0v) is 20.3. The third kappa shape index (κ3) is 5.33. The van der Waals surface area contributed by atoms with Crippen molar-refractivity contribution in [2.24, 2.45) is 0 Å². The van der Waals surface area contributed by atoms with Gasteiger partial charge in [-0.25, -0.2) is 4.39 Å².